The van der Waals surface area contributed by atoms with Gasteiger partial charge in [0.2, 0.25) is 0 Å². The van der Waals surface area contributed by atoms with Crippen LogP contribution in [-0.2, 0) is 22.5 Å². The lowest BCUT2D eigenvalue weighted by Crippen LogP contribution is -2.46. The number of Topliss-reactive ketones (excluding diaryl/α,β-unsaturated/α-hetero) is 1. The molecule has 0 spiro atoms. The van der Waals surface area contributed by atoms with E-state index in [4.69, 9.17) is 28.9 Å². The Labute approximate surface area is 161 Å². The fourth-order valence-corrected chi connectivity index (χ4v) is 3.89. The van der Waals surface area contributed by atoms with Crippen molar-refractivity contribution in [3.8, 4) is 0 Å². The van der Waals surface area contributed by atoms with E-state index >= 15 is 4.39 Å². The Kier molecular flexibility index (Phi) is 5.35. The molecule has 0 fully saturated rings. The van der Waals surface area contributed by atoms with Crippen LogP contribution in [0.25, 0.3) is 0 Å². The summed E-state index contributed by atoms with van der Waals surface area (Å²) in [5.41, 5.74) is 3.04. The van der Waals surface area contributed by atoms with Gasteiger partial charge < -0.3 is 10.8 Å². The first-order valence-electron chi connectivity index (χ1n) is 8.35. The van der Waals surface area contributed by atoms with E-state index < -0.39 is 17.1 Å². The molecule has 0 saturated carbocycles. The third-order valence-corrected chi connectivity index (χ3v) is 5.56. The molecule has 26 heavy (non-hydrogen) atoms. The first-order valence-corrected chi connectivity index (χ1v) is 9.10. The maximum atomic E-state index is 15.7. The molecular weight excluding hydrogens is 378 g/mol. The Morgan fingerprint density at radius 2 is 2.08 bits per heavy atom. The van der Waals surface area contributed by atoms with Crippen molar-refractivity contribution in [2.24, 2.45) is 5.73 Å². The number of rotatable bonds is 5. The number of hydrogen-bond donors (Lipinski definition) is 2. The molecule has 1 heterocycles. The molecule has 1 aliphatic rings. The van der Waals surface area contributed by atoms with E-state index in [1.807, 2.05) is 0 Å². The Bertz CT molecular complexity index is 848. The zero-order valence-corrected chi connectivity index (χ0v) is 15.5. The minimum atomic E-state index is -2.19. The number of pyridine rings is 1. The molecular formula is C19H19Cl2FN2O2. The Morgan fingerprint density at radius 3 is 2.77 bits per heavy atom. The Hall–Kier alpha value is -1.53. The highest BCUT2D eigenvalue weighted by atomic mass is 35.5. The zero-order chi connectivity index (χ0) is 18.9. The fraction of sp³-hybridized carbons (Fsp3) is 0.368. The lowest BCUT2D eigenvalue weighted by molar-refractivity contribution is -0.134. The van der Waals surface area contributed by atoms with Gasteiger partial charge in [-0.2, -0.15) is 0 Å². The number of benzene rings is 1. The second-order valence-electron chi connectivity index (χ2n) is 6.60. The van der Waals surface area contributed by atoms with Crippen LogP contribution in [0.5, 0.6) is 0 Å². The van der Waals surface area contributed by atoms with Gasteiger partial charge in [0, 0.05) is 34.8 Å². The molecule has 1 aromatic heterocycles. The van der Waals surface area contributed by atoms with Gasteiger partial charge in [-0.05, 0) is 43.0 Å². The summed E-state index contributed by atoms with van der Waals surface area (Å²) in [5.74, 6) is -0.558. The van der Waals surface area contributed by atoms with Gasteiger partial charge in [0.05, 0.1) is 5.69 Å². The summed E-state index contributed by atoms with van der Waals surface area (Å²) in [7, 11) is 0. The van der Waals surface area contributed by atoms with Crippen LogP contribution < -0.4 is 5.73 Å². The van der Waals surface area contributed by atoms with Crippen molar-refractivity contribution in [1.29, 1.82) is 0 Å². The largest absolute Gasteiger partial charge is 0.382 e. The molecule has 0 radical (unpaired) electrons. The third-order valence-electron chi connectivity index (χ3n) is 4.97. The molecule has 138 valence electrons. The highest BCUT2D eigenvalue weighted by Crippen LogP contribution is 2.46. The van der Waals surface area contributed by atoms with E-state index in [-0.39, 0.29) is 37.1 Å². The maximum absolute atomic E-state index is 15.7. The quantitative estimate of drug-likeness (QED) is 0.807. The number of nitrogens with two attached hydrogens (primary N) is 1. The van der Waals surface area contributed by atoms with Crippen molar-refractivity contribution in [2.75, 3.05) is 6.54 Å². The molecule has 3 N–H and O–H groups in total. The third kappa shape index (κ3) is 3.37. The summed E-state index contributed by atoms with van der Waals surface area (Å²) in [6.45, 7) is -0.0817. The van der Waals surface area contributed by atoms with Crippen molar-refractivity contribution in [2.45, 2.75) is 37.0 Å². The van der Waals surface area contributed by atoms with Crippen LogP contribution in [0.3, 0.4) is 0 Å². The van der Waals surface area contributed by atoms with Gasteiger partial charge >= 0.3 is 0 Å². The minimum absolute atomic E-state index is 0.0206. The van der Waals surface area contributed by atoms with E-state index in [1.165, 1.54) is 12.3 Å². The highest BCUT2D eigenvalue weighted by Gasteiger charge is 2.50. The predicted octanol–water partition coefficient (Wildman–Crippen LogP) is 3.70. The lowest BCUT2D eigenvalue weighted by Gasteiger charge is -2.39. The van der Waals surface area contributed by atoms with E-state index in [9.17, 15) is 9.90 Å². The molecule has 7 heteroatoms. The monoisotopic (exact) mass is 396 g/mol. The fourth-order valence-electron chi connectivity index (χ4n) is 3.39. The average molecular weight is 397 g/mol. The molecule has 3 rings (SSSR count). The van der Waals surface area contributed by atoms with E-state index in [2.05, 4.69) is 4.98 Å². The normalized spacial score (nSPS) is 25.0. The lowest BCUT2D eigenvalue weighted by atomic mass is 9.72. The van der Waals surface area contributed by atoms with Crippen LogP contribution in [-0.4, -0.2) is 22.4 Å². The van der Waals surface area contributed by atoms with Crippen molar-refractivity contribution in [3.63, 3.8) is 0 Å². The SMILES string of the molecule is NC[C@@]1(O)CC[C@](F)(C(=O)CCc2ccc(Cl)cc2Cl)c2cccnc21. The average Bonchev–Trinajstić information content (AvgIpc) is 2.64. The first kappa shape index (κ1) is 19.2. The summed E-state index contributed by atoms with van der Waals surface area (Å²) in [6.07, 6.45) is 1.65. The number of halogens is 3. The highest BCUT2D eigenvalue weighted by molar-refractivity contribution is 6.35. The number of ketones is 1. The molecule has 1 aromatic carbocycles. The van der Waals surface area contributed by atoms with E-state index in [0.717, 1.165) is 5.56 Å². The van der Waals surface area contributed by atoms with Gasteiger partial charge in [-0.25, -0.2) is 4.39 Å². The van der Waals surface area contributed by atoms with Gasteiger partial charge in [0.25, 0.3) is 0 Å². The van der Waals surface area contributed by atoms with Crippen LogP contribution in [0, 0.1) is 0 Å². The summed E-state index contributed by atoms with van der Waals surface area (Å²) >= 11 is 12.0. The number of fused-ring (bicyclic) bond motifs is 1. The van der Waals surface area contributed by atoms with Crippen molar-refractivity contribution in [1.82, 2.24) is 4.98 Å². The molecule has 2 aromatic rings. The number of aliphatic hydroxyl groups is 1. The molecule has 0 bridgehead atoms. The molecule has 4 nitrogen and oxygen atoms in total. The molecule has 0 aliphatic heterocycles. The number of alkyl halides is 1. The van der Waals surface area contributed by atoms with Gasteiger partial charge in [0.15, 0.2) is 11.5 Å². The summed E-state index contributed by atoms with van der Waals surface area (Å²) < 4.78 is 15.7. The van der Waals surface area contributed by atoms with Crippen LogP contribution in [0.1, 0.15) is 36.1 Å². The number of hydrogen-bond acceptors (Lipinski definition) is 4. The van der Waals surface area contributed by atoms with Gasteiger partial charge in [-0.3, -0.25) is 9.78 Å². The summed E-state index contributed by atoms with van der Waals surface area (Å²) in [5, 5.41) is 11.6. The van der Waals surface area contributed by atoms with Crippen LogP contribution >= 0.6 is 23.2 Å². The van der Waals surface area contributed by atoms with Crippen LogP contribution in [0.15, 0.2) is 36.5 Å². The molecule has 0 saturated heterocycles. The molecule has 0 unspecified atom stereocenters. The minimum Gasteiger partial charge on any atom is -0.382 e. The second-order valence-corrected chi connectivity index (χ2v) is 7.44. The van der Waals surface area contributed by atoms with Crippen LogP contribution in [0.4, 0.5) is 4.39 Å². The number of carbonyl (C=O) groups is 1. The Morgan fingerprint density at radius 1 is 1.31 bits per heavy atom. The molecule has 2 atom stereocenters. The number of nitrogens with zero attached hydrogens (tertiary/aromatic N) is 1. The van der Waals surface area contributed by atoms with Gasteiger partial charge in [-0.15, -0.1) is 0 Å². The number of aryl methyl sites for hydroxylation is 1. The standard InChI is InChI=1S/C19H19Cl2FN2O2/c20-13-5-3-12(15(21)10-13)4-6-16(25)19(22)8-7-18(26,11-23)17-14(19)2-1-9-24-17/h1-3,5,9-10,26H,4,6-8,11,23H2/t18-,19+/m0/s1. The van der Waals surface area contributed by atoms with Gasteiger partial charge in [0.1, 0.15) is 5.60 Å². The van der Waals surface area contributed by atoms with Crippen molar-refractivity contribution in [3.05, 3.63) is 63.4 Å². The molecule has 0 amide bonds. The van der Waals surface area contributed by atoms with Crippen LogP contribution in [0.2, 0.25) is 10.0 Å². The molecule has 1 aliphatic carbocycles. The summed E-state index contributed by atoms with van der Waals surface area (Å²) in [4.78, 5) is 16.9. The van der Waals surface area contributed by atoms with E-state index in [0.29, 0.717) is 16.5 Å². The van der Waals surface area contributed by atoms with E-state index in [1.54, 1.807) is 24.3 Å². The first-order chi connectivity index (χ1) is 12.3. The number of carbonyl (C=O) groups excluding carboxylic acids is 1. The second kappa shape index (κ2) is 7.24. The van der Waals surface area contributed by atoms with Gasteiger partial charge in [-0.1, -0.05) is 35.3 Å². The smallest absolute Gasteiger partial charge is 0.195 e. The number of aromatic nitrogens is 1. The topological polar surface area (TPSA) is 76.2 Å². The summed E-state index contributed by atoms with van der Waals surface area (Å²) in [6, 6.07) is 8.05. The zero-order valence-electron chi connectivity index (χ0n) is 14.0. The van der Waals surface area contributed by atoms with Crippen molar-refractivity contribution >= 4 is 29.0 Å². The van der Waals surface area contributed by atoms with Crippen molar-refractivity contribution < 1.29 is 14.3 Å². The maximum Gasteiger partial charge on any atom is 0.195 e. The Balaban J connectivity index is 1.85. The predicted molar refractivity (Wildman–Crippen MR) is 99.0 cm³/mol.